The zero-order valence-corrected chi connectivity index (χ0v) is 19.3. The summed E-state index contributed by atoms with van der Waals surface area (Å²) in [6.07, 6.45) is 6.09. The average molecular weight is 474 g/mol. The molecule has 0 spiro atoms. The number of halogens is 1. The van der Waals surface area contributed by atoms with E-state index in [2.05, 4.69) is 10.4 Å². The van der Waals surface area contributed by atoms with Gasteiger partial charge in [-0.05, 0) is 78.3 Å². The Hall–Kier alpha value is -3.64. The predicted molar refractivity (Wildman–Crippen MR) is 132 cm³/mol. The Morgan fingerprint density at radius 1 is 1.03 bits per heavy atom. The Labute approximate surface area is 202 Å². The zero-order valence-electron chi connectivity index (χ0n) is 18.6. The minimum atomic E-state index is -0.972. The molecule has 1 aromatic heterocycles. The number of amides is 1. The number of carboxylic acids is 1. The second kappa shape index (κ2) is 9.31. The Kier molecular flexibility index (Phi) is 6.07. The largest absolute Gasteiger partial charge is 0.478 e. The van der Waals surface area contributed by atoms with Gasteiger partial charge in [0.2, 0.25) is 0 Å². The highest BCUT2D eigenvalue weighted by molar-refractivity contribution is 6.30. The normalized spacial score (nSPS) is 13.0. The lowest BCUT2D eigenvalue weighted by molar-refractivity contribution is 0.0696. The number of hydrogen-bond donors (Lipinski definition) is 2. The third-order valence-corrected chi connectivity index (χ3v) is 6.60. The molecular formula is C27H24ClN3O3. The van der Waals surface area contributed by atoms with Gasteiger partial charge in [-0.25, -0.2) is 4.79 Å². The molecule has 2 N–H and O–H groups in total. The van der Waals surface area contributed by atoms with E-state index >= 15 is 0 Å². The van der Waals surface area contributed by atoms with Gasteiger partial charge in [0, 0.05) is 17.0 Å². The third kappa shape index (κ3) is 4.41. The maximum Gasteiger partial charge on any atom is 0.335 e. The van der Waals surface area contributed by atoms with E-state index < -0.39 is 5.97 Å². The summed E-state index contributed by atoms with van der Waals surface area (Å²) in [5.41, 5.74) is 6.02. The Bertz CT molecular complexity index is 1390. The number of carbonyl (C=O) groups is 2. The highest BCUT2D eigenvalue weighted by atomic mass is 35.5. The number of hydrogen-bond acceptors (Lipinski definition) is 3. The molecule has 0 atom stereocenters. The van der Waals surface area contributed by atoms with E-state index in [1.54, 1.807) is 24.3 Å². The summed E-state index contributed by atoms with van der Waals surface area (Å²) in [5, 5.41) is 18.4. The zero-order chi connectivity index (χ0) is 23.7. The van der Waals surface area contributed by atoms with Crippen LogP contribution in [0.3, 0.4) is 0 Å². The highest BCUT2D eigenvalue weighted by Crippen LogP contribution is 2.32. The van der Waals surface area contributed by atoms with Crippen LogP contribution >= 0.6 is 11.6 Å². The molecule has 1 heterocycles. The van der Waals surface area contributed by atoms with Crippen LogP contribution in [0.5, 0.6) is 0 Å². The SMILES string of the molecule is O=C(O)c1ccc(CNC(=O)c2cc3c(c4cnn(Cc5cccc(Cl)c5)c24)CCCC3)cc1. The van der Waals surface area contributed by atoms with Gasteiger partial charge in [-0.1, -0.05) is 35.9 Å². The lowest BCUT2D eigenvalue weighted by Gasteiger charge is -2.19. The molecule has 4 aromatic rings. The minimum Gasteiger partial charge on any atom is -0.478 e. The van der Waals surface area contributed by atoms with Gasteiger partial charge in [-0.2, -0.15) is 5.10 Å². The summed E-state index contributed by atoms with van der Waals surface area (Å²) in [6, 6.07) is 16.2. The number of carbonyl (C=O) groups excluding carboxylic acids is 1. The molecule has 3 aromatic carbocycles. The summed E-state index contributed by atoms with van der Waals surface area (Å²) in [4.78, 5) is 24.5. The number of aryl methyl sites for hydroxylation is 2. The Morgan fingerprint density at radius 2 is 1.82 bits per heavy atom. The van der Waals surface area contributed by atoms with Gasteiger partial charge in [-0.15, -0.1) is 0 Å². The summed E-state index contributed by atoms with van der Waals surface area (Å²) in [5.74, 6) is -1.14. The molecule has 1 amide bonds. The van der Waals surface area contributed by atoms with Crippen molar-refractivity contribution in [2.45, 2.75) is 38.8 Å². The van der Waals surface area contributed by atoms with Crippen molar-refractivity contribution in [1.29, 1.82) is 0 Å². The second-order valence-electron chi connectivity index (χ2n) is 8.65. The monoisotopic (exact) mass is 473 g/mol. The van der Waals surface area contributed by atoms with Crippen LogP contribution in [0.1, 0.15) is 55.8 Å². The first-order valence-electron chi connectivity index (χ1n) is 11.3. The van der Waals surface area contributed by atoms with Crippen LogP contribution in [-0.4, -0.2) is 26.8 Å². The van der Waals surface area contributed by atoms with Crippen LogP contribution in [0.15, 0.2) is 60.8 Å². The van der Waals surface area contributed by atoms with Crippen LogP contribution in [-0.2, 0) is 25.9 Å². The molecule has 7 heteroatoms. The predicted octanol–water partition coefficient (Wildman–Crippen LogP) is 5.25. The van der Waals surface area contributed by atoms with Crippen molar-refractivity contribution in [3.63, 3.8) is 0 Å². The van der Waals surface area contributed by atoms with Crippen molar-refractivity contribution in [1.82, 2.24) is 15.1 Å². The quantitative estimate of drug-likeness (QED) is 0.401. The van der Waals surface area contributed by atoms with Crippen molar-refractivity contribution in [3.8, 4) is 0 Å². The van der Waals surface area contributed by atoms with Crippen LogP contribution in [0.25, 0.3) is 10.9 Å². The maximum atomic E-state index is 13.4. The van der Waals surface area contributed by atoms with E-state index in [0.29, 0.717) is 23.7 Å². The molecule has 1 aliphatic rings. The first-order chi connectivity index (χ1) is 16.5. The standard InChI is InChI=1S/C27H24ClN3O3/c28-21-6-3-4-18(12-21)16-31-25-23(13-20-5-1-2-7-22(20)24(25)15-30-31)26(32)29-14-17-8-10-19(11-9-17)27(33)34/h3-4,6,8-13,15H,1-2,5,7,14,16H2,(H,29,32)(H,33,34). The fourth-order valence-corrected chi connectivity index (χ4v) is 4.89. The first-order valence-corrected chi connectivity index (χ1v) is 11.7. The molecule has 172 valence electrons. The number of carboxylic acid groups (broad SMARTS) is 1. The number of nitrogens with zero attached hydrogens (tertiary/aromatic N) is 2. The Morgan fingerprint density at radius 3 is 2.59 bits per heavy atom. The molecule has 0 radical (unpaired) electrons. The van der Waals surface area contributed by atoms with Crippen molar-refractivity contribution in [2.24, 2.45) is 0 Å². The van der Waals surface area contributed by atoms with E-state index in [-0.39, 0.29) is 11.5 Å². The number of nitrogens with one attached hydrogen (secondary N) is 1. The smallest absolute Gasteiger partial charge is 0.335 e. The van der Waals surface area contributed by atoms with E-state index in [1.807, 2.05) is 41.2 Å². The van der Waals surface area contributed by atoms with E-state index in [0.717, 1.165) is 47.7 Å². The van der Waals surface area contributed by atoms with Gasteiger partial charge in [0.1, 0.15) is 0 Å². The average Bonchev–Trinajstić information content (AvgIpc) is 3.26. The van der Waals surface area contributed by atoms with Crippen LogP contribution in [0, 0.1) is 0 Å². The molecule has 0 saturated heterocycles. The van der Waals surface area contributed by atoms with Gasteiger partial charge in [0.05, 0.1) is 29.4 Å². The number of fused-ring (bicyclic) bond motifs is 3. The molecule has 34 heavy (non-hydrogen) atoms. The van der Waals surface area contributed by atoms with Crippen LogP contribution < -0.4 is 5.32 Å². The molecule has 5 rings (SSSR count). The van der Waals surface area contributed by atoms with E-state index in [4.69, 9.17) is 16.7 Å². The third-order valence-electron chi connectivity index (χ3n) is 6.37. The van der Waals surface area contributed by atoms with Gasteiger partial charge in [0.15, 0.2) is 0 Å². The van der Waals surface area contributed by atoms with E-state index in [1.165, 1.54) is 11.1 Å². The summed E-state index contributed by atoms with van der Waals surface area (Å²) >= 11 is 6.18. The molecule has 6 nitrogen and oxygen atoms in total. The highest BCUT2D eigenvalue weighted by Gasteiger charge is 2.22. The van der Waals surface area contributed by atoms with Gasteiger partial charge < -0.3 is 10.4 Å². The number of benzene rings is 3. The van der Waals surface area contributed by atoms with Gasteiger partial charge >= 0.3 is 5.97 Å². The van der Waals surface area contributed by atoms with Crippen molar-refractivity contribution in [2.75, 3.05) is 0 Å². The molecule has 0 bridgehead atoms. The van der Waals surface area contributed by atoms with Gasteiger partial charge in [0.25, 0.3) is 5.91 Å². The van der Waals surface area contributed by atoms with Gasteiger partial charge in [-0.3, -0.25) is 9.48 Å². The summed E-state index contributed by atoms with van der Waals surface area (Å²) < 4.78 is 1.88. The lowest BCUT2D eigenvalue weighted by atomic mass is 9.87. The molecule has 0 saturated carbocycles. The molecule has 1 aliphatic carbocycles. The van der Waals surface area contributed by atoms with Crippen molar-refractivity contribution >= 4 is 34.4 Å². The molecular weight excluding hydrogens is 450 g/mol. The topological polar surface area (TPSA) is 84.2 Å². The molecule has 0 fully saturated rings. The summed E-state index contributed by atoms with van der Waals surface area (Å²) in [6.45, 7) is 0.819. The number of aromatic nitrogens is 2. The number of rotatable bonds is 6. The fourth-order valence-electron chi connectivity index (χ4n) is 4.67. The van der Waals surface area contributed by atoms with Crippen LogP contribution in [0.2, 0.25) is 5.02 Å². The number of aromatic carboxylic acids is 1. The first kappa shape index (κ1) is 22.2. The maximum absolute atomic E-state index is 13.4. The fraction of sp³-hybridized carbons (Fsp3) is 0.222. The van der Waals surface area contributed by atoms with Crippen LogP contribution in [0.4, 0.5) is 0 Å². The lowest BCUT2D eigenvalue weighted by Crippen LogP contribution is -2.24. The molecule has 0 aliphatic heterocycles. The van der Waals surface area contributed by atoms with Crippen molar-refractivity contribution in [3.05, 3.63) is 99.2 Å². The summed E-state index contributed by atoms with van der Waals surface area (Å²) in [7, 11) is 0. The van der Waals surface area contributed by atoms with Crippen molar-refractivity contribution < 1.29 is 14.7 Å². The minimum absolute atomic E-state index is 0.173. The molecule has 0 unspecified atom stereocenters. The second-order valence-corrected chi connectivity index (χ2v) is 9.08. The van der Waals surface area contributed by atoms with E-state index in [9.17, 15) is 9.59 Å². The Balaban J connectivity index is 1.49.